The van der Waals surface area contributed by atoms with Crippen molar-refractivity contribution in [2.24, 2.45) is 0 Å². The molecule has 0 aliphatic rings. The zero-order chi connectivity index (χ0) is 26.2. The Morgan fingerprint density at radius 3 is 2.73 bits per heavy atom. The lowest BCUT2D eigenvalue weighted by atomic mass is 10.1. The number of benzene rings is 3. The summed E-state index contributed by atoms with van der Waals surface area (Å²) < 4.78 is 16.8. The van der Waals surface area contributed by atoms with E-state index in [1.165, 1.54) is 13.2 Å². The molecule has 4 aromatic rings. The first-order valence-electron chi connectivity index (χ1n) is 11.4. The molecular formula is C30H24ClNO5. The average Bonchev–Trinajstić information content (AvgIpc) is 2.91. The van der Waals surface area contributed by atoms with Crippen LogP contribution in [0, 0.1) is 12.3 Å². The molecule has 3 aromatic carbocycles. The van der Waals surface area contributed by atoms with Crippen LogP contribution in [0.5, 0.6) is 11.5 Å². The number of pyridine rings is 1. The molecule has 0 bridgehead atoms. The first kappa shape index (κ1) is 25.8. The number of rotatable bonds is 10. The summed E-state index contributed by atoms with van der Waals surface area (Å²) in [6, 6.07) is 21.9. The van der Waals surface area contributed by atoms with Crippen molar-refractivity contribution >= 4 is 40.6 Å². The van der Waals surface area contributed by atoms with Crippen LogP contribution in [-0.2, 0) is 4.74 Å². The predicted octanol–water partition coefficient (Wildman–Crippen LogP) is 6.54. The highest BCUT2D eigenvalue weighted by molar-refractivity contribution is 6.31. The minimum atomic E-state index is -1.12. The van der Waals surface area contributed by atoms with E-state index in [1.54, 1.807) is 12.1 Å². The number of nitrogens with zero attached hydrogens (tertiary/aromatic N) is 1. The number of carboxylic acids is 1. The first-order valence-corrected chi connectivity index (χ1v) is 11.8. The van der Waals surface area contributed by atoms with Crippen molar-refractivity contribution in [3.8, 4) is 23.8 Å². The van der Waals surface area contributed by atoms with Crippen LogP contribution in [0.2, 0.25) is 5.02 Å². The third-order valence-electron chi connectivity index (χ3n) is 5.58. The SMILES string of the molecule is C#CCO[C@H](COc1ccc(OC)cc1C(=O)O)c1cccc(/C=C/c2ccc3ccc(Cl)cc3n2)c1. The zero-order valence-electron chi connectivity index (χ0n) is 20.1. The molecule has 0 aliphatic heterocycles. The molecule has 0 unspecified atom stereocenters. The van der Waals surface area contributed by atoms with E-state index in [-0.39, 0.29) is 24.5 Å². The van der Waals surface area contributed by atoms with Gasteiger partial charge in [-0.2, -0.15) is 0 Å². The van der Waals surface area contributed by atoms with E-state index in [9.17, 15) is 9.90 Å². The molecule has 0 amide bonds. The monoisotopic (exact) mass is 513 g/mol. The Balaban J connectivity index is 1.54. The van der Waals surface area contributed by atoms with Gasteiger partial charge in [0.15, 0.2) is 0 Å². The molecule has 1 N–H and O–H groups in total. The van der Waals surface area contributed by atoms with Gasteiger partial charge in [-0.05, 0) is 59.7 Å². The fourth-order valence-electron chi connectivity index (χ4n) is 3.73. The van der Waals surface area contributed by atoms with Crippen molar-refractivity contribution in [3.63, 3.8) is 0 Å². The number of hydrogen-bond donors (Lipinski definition) is 1. The largest absolute Gasteiger partial charge is 0.497 e. The number of hydrogen-bond acceptors (Lipinski definition) is 5. The van der Waals surface area contributed by atoms with E-state index in [0.29, 0.717) is 10.8 Å². The lowest BCUT2D eigenvalue weighted by Gasteiger charge is -2.19. The fraction of sp³-hybridized carbons (Fsp3) is 0.133. The first-order chi connectivity index (χ1) is 18.0. The molecule has 6 nitrogen and oxygen atoms in total. The van der Waals surface area contributed by atoms with Gasteiger partial charge in [-0.25, -0.2) is 9.78 Å². The smallest absolute Gasteiger partial charge is 0.339 e. The van der Waals surface area contributed by atoms with Crippen LogP contribution in [0.25, 0.3) is 23.1 Å². The Morgan fingerprint density at radius 2 is 1.95 bits per heavy atom. The number of ether oxygens (including phenoxy) is 3. The second-order valence-electron chi connectivity index (χ2n) is 8.06. The molecule has 0 saturated heterocycles. The van der Waals surface area contributed by atoms with Crippen molar-refractivity contribution in [1.82, 2.24) is 4.98 Å². The van der Waals surface area contributed by atoms with Crippen LogP contribution in [0.15, 0.2) is 72.8 Å². The molecule has 1 atom stereocenters. The van der Waals surface area contributed by atoms with Crippen molar-refractivity contribution in [3.05, 3.63) is 100 Å². The molecule has 0 aliphatic carbocycles. The van der Waals surface area contributed by atoms with E-state index in [0.717, 1.165) is 27.7 Å². The summed E-state index contributed by atoms with van der Waals surface area (Å²) in [6.07, 6.45) is 8.77. The third kappa shape index (κ3) is 6.68. The molecule has 0 saturated carbocycles. The van der Waals surface area contributed by atoms with Crippen LogP contribution in [-0.4, -0.2) is 36.4 Å². The summed E-state index contributed by atoms with van der Waals surface area (Å²) in [5.41, 5.74) is 3.37. The molecule has 0 spiro atoms. The number of carboxylic acid groups (broad SMARTS) is 1. The quantitative estimate of drug-likeness (QED) is 0.243. The maximum Gasteiger partial charge on any atom is 0.339 e. The maximum absolute atomic E-state index is 11.7. The van der Waals surface area contributed by atoms with Crippen LogP contribution in [0.1, 0.15) is 33.3 Å². The topological polar surface area (TPSA) is 77.9 Å². The van der Waals surface area contributed by atoms with Crippen molar-refractivity contribution in [2.75, 3.05) is 20.3 Å². The van der Waals surface area contributed by atoms with Crippen LogP contribution < -0.4 is 9.47 Å². The third-order valence-corrected chi connectivity index (χ3v) is 5.81. The lowest BCUT2D eigenvalue weighted by Crippen LogP contribution is -2.16. The van der Waals surface area contributed by atoms with E-state index >= 15 is 0 Å². The molecule has 1 aromatic heterocycles. The Bertz CT molecular complexity index is 1490. The number of halogens is 1. The number of methoxy groups -OCH3 is 1. The summed E-state index contributed by atoms with van der Waals surface area (Å²) >= 11 is 6.10. The molecule has 0 fully saturated rings. The van der Waals surface area contributed by atoms with E-state index in [4.69, 9.17) is 32.2 Å². The van der Waals surface area contributed by atoms with Gasteiger partial charge < -0.3 is 19.3 Å². The Morgan fingerprint density at radius 1 is 1.11 bits per heavy atom. The number of aromatic nitrogens is 1. The minimum Gasteiger partial charge on any atom is -0.497 e. The van der Waals surface area contributed by atoms with Gasteiger partial charge in [0.2, 0.25) is 0 Å². The van der Waals surface area contributed by atoms with Crippen LogP contribution in [0.3, 0.4) is 0 Å². The molecule has 186 valence electrons. The molecule has 4 rings (SSSR count). The number of terminal acetylenes is 1. The Kier molecular flexibility index (Phi) is 8.42. The zero-order valence-corrected chi connectivity index (χ0v) is 20.8. The van der Waals surface area contributed by atoms with Gasteiger partial charge in [0, 0.05) is 10.4 Å². The molecule has 1 heterocycles. The number of fused-ring (bicyclic) bond motifs is 1. The number of aromatic carboxylic acids is 1. The van der Waals surface area contributed by atoms with Crippen molar-refractivity contribution in [1.29, 1.82) is 0 Å². The van der Waals surface area contributed by atoms with Gasteiger partial charge in [-0.15, -0.1) is 6.42 Å². The molecule has 7 heteroatoms. The van der Waals surface area contributed by atoms with Crippen LogP contribution >= 0.6 is 11.6 Å². The Hall–Kier alpha value is -4.31. The second kappa shape index (κ2) is 12.1. The van der Waals surface area contributed by atoms with E-state index in [1.807, 2.05) is 66.7 Å². The van der Waals surface area contributed by atoms with Gasteiger partial charge in [0.05, 0.1) is 18.3 Å². The summed E-state index contributed by atoms with van der Waals surface area (Å²) in [7, 11) is 1.47. The van der Waals surface area contributed by atoms with Gasteiger partial charge in [-0.3, -0.25) is 0 Å². The van der Waals surface area contributed by atoms with Gasteiger partial charge in [0.1, 0.15) is 36.4 Å². The van der Waals surface area contributed by atoms with Gasteiger partial charge >= 0.3 is 5.97 Å². The molecule has 0 radical (unpaired) electrons. The molecule has 37 heavy (non-hydrogen) atoms. The number of carbonyl (C=O) groups is 1. The average molecular weight is 514 g/mol. The van der Waals surface area contributed by atoms with E-state index < -0.39 is 12.1 Å². The lowest BCUT2D eigenvalue weighted by molar-refractivity contribution is 0.0375. The standard InChI is InChI=1S/C30H24ClNO5/c1-3-15-36-29(19-37-28-14-13-25(35-2)18-26(28)30(33)34)22-6-4-5-20(16-22)7-11-24-12-9-21-8-10-23(31)17-27(21)32-24/h1,4-14,16-18,29H,15,19H2,2H3,(H,33,34)/b11-7+/t29-/m1/s1. The minimum absolute atomic E-state index is 0.00379. The van der Waals surface area contributed by atoms with Crippen LogP contribution in [0.4, 0.5) is 0 Å². The summed E-state index contributed by atoms with van der Waals surface area (Å²) in [5.74, 6) is 1.99. The highest BCUT2D eigenvalue weighted by atomic mass is 35.5. The summed E-state index contributed by atoms with van der Waals surface area (Å²) in [6.45, 7) is 0.139. The predicted molar refractivity (Wildman–Crippen MR) is 145 cm³/mol. The van der Waals surface area contributed by atoms with E-state index in [2.05, 4.69) is 10.9 Å². The summed E-state index contributed by atoms with van der Waals surface area (Å²) in [4.78, 5) is 16.3. The summed E-state index contributed by atoms with van der Waals surface area (Å²) in [5, 5.41) is 11.2. The fourth-order valence-corrected chi connectivity index (χ4v) is 3.89. The molecular weight excluding hydrogens is 490 g/mol. The van der Waals surface area contributed by atoms with Gasteiger partial charge in [-0.1, -0.05) is 53.9 Å². The maximum atomic E-state index is 11.7. The highest BCUT2D eigenvalue weighted by Gasteiger charge is 2.17. The van der Waals surface area contributed by atoms with Crippen molar-refractivity contribution in [2.45, 2.75) is 6.10 Å². The normalized spacial score (nSPS) is 11.8. The Labute approximate surface area is 220 Å². The second-order valence-corrected chi connectivity index (χ2v) is 8.50. The van der Waals surface area contributed by atoms with Gasteiger partial charge in [0.25, 0.3) is 0 Å². The van der Waals surface area contributed by atoms with Crippen molar-refractivity contribution < 1.29 is 24.1 Å². The highest BCUT2D eigenvalue weighted by Crippen LogP contribution is 2.27.